The van der Waals surface area contributed by atoms with Gasteiger partial charge in [0.25, 0.3) is 0 Å². The number of ether oxygens (including phenoxy) is 1. The van der Waals surface area contributed by atoms with Crippen LogP contribution in [0.1, 0.15) is 46.7 Å². The molecule has 0 aromatic carbocycles. The lowest BCUT2D eigenvalue weighted by atomic mass is 9.91. The molecule has 1 aliphatic carbocycles. The number of anilines is 1. The molecule has 25 heavy (non-hydrogen) atoms. The lowest BCUT2D eigenvalue weighted by molar-refractivity contribution is -0.114. The van der Waals surface area contributed by atoms with Crippen molar-refractivity contribution < 1.29 is 9.53 Å². The van der Waals surface area contributed by atoms with Gasteiger partial charge in [0.2, 0.25) is 5.91 Å². The first-order valence-corrected chi connectivity index (χ1v) is 10.7. The second-order valence-corrected chi connectivity index (χ2v) is 8.79. The largest absolute Gasteiger partial charge is 0.379 e. The Bertz CT molecular complexity index is 733. The zero-order valence-corrected chi connectivity index (χ0v) is 16.2. The normalized spacial score (nSPS) is 19.4. The van der Waals surface area contributed by atoms with Gasteiger partial charge in [0.05, 0.1) is 19.3 Å². The van der Waals surface area contributed by atoms with Crippen LogP contribution in [0.15, 0.2) is 17.5 Å². The molecule has 0 spiro atoms. The predicted molar refractivity (Wildman–Crippen MR) is 104 cm³/mol. The van der Waals surface area contributed by atoms with Gasteiger partial charge in [-0.2, -0.15) is 0 Å². The van der Waals surface area contributed by atoms with E-state index in [0.29, 0.717) is 0 Å². The molecule has 0 bridgehead atoms. The van der Waals surface area contributed by atoms with Crippen LogP contribution in [-0.2, 0) is 22.4 Å². The van der Waals surface area contributed by atoms with Gasteiger partial charge in [0.15, 0.2) is 0 Å². The molecule has 1 atom stereocenters. The second-order valence-electron chi connectivity index (χ2n) is 6.70. The van der Waals surface area contributed by atoms with Crippen LogP contribution in [0, 0.1) is 0 Å². The minimum Gasteiger partial charge on any atom is -0.379 e. The van der Waals surface area contributed by atoms with Crippen LogP contribution in [0.2, 0.25) is 0 Å². The molecule has 2 aromatic rings. The summed E-state index contributed by atoms with van der Waals surface area (Å²) < 4.78 is 5.59. The number of aryl methyl sites for hydroxylation is 1. The molecule has 0 saturated carbocycles. The number of rotatable bonds is 4. The van der Waals surface area contributed by atoms with Crippen LogP contribution < -0.4 is 5.32 Å². The highest BCUT2D eigenvalue weighted by atomic mass is 32.1. The molecule has 4 rings (SSSR count). The number of nitrogens with zero attached hydrogens (tertiary/aromatic N) is 1. The minimum absolute atomic E-state index is 0.0201. The molecule has 1 N–H and O–H groups in total. The van der Waals surface area contributed by atoms with E-state index in [0.717, 1.165) is 44.1 Å². The Morgan fingerprint density at radius 3 is 2.80 bits per heavy atom. The Balaban J connectivity index is 1.82. The van der Waals surface area contributed by atoms with Crippen molar-refractivity contribution in [1.29, 1.82) is 0 Å². The maximum atomic E-state index is 11.8. The first-order valence-electron chi connectivity index (χ1n) is 9.01. The van der Waals surface area contributed by atoms with Crippen molar-refractivity contribution in [2.75, 3.05) is 31.6 Å². The molecule has 1 amide bonds. The van der Waals surface area contributed by atoms with Gasteiger partial charge in [0.1, 0.15) is 5.00 Å². The van der Waals surface area contributed by atoms with Gasteiger partial charge in [-0.05, 0) is 42.7 Å². The lowest BCUT2D eigenvalue weighted by Gasteiger charge is -2.35. The number of thiophene rings is 2. The van der Waals surface area contributed by atoms with Crippen molar-refractivity contribution >= 4 is 33.6 Å². The van der Waals surface area contributed by atoms with E-state index in [1.165, 1.54) is 33.7 Å². The predicted octanol–water partition coefficient (Wildman–Crippen LogP) is 4.07. The number of nitrogens with one attached hydrogen (secondary N) is 1. The van der Waals surface area contributed by atoms with E-state index < -0.39 is 0 Å². The van der Waals surface area contributed by atoms with E-state index in [-0.39, 0.29) is 11.9 Å². The number of fused-ring (bicyclic) bond motifs is 1. The third-order valence-electron chi connectivity index (χ3n) is 5.00. The van der Waals surface area contributed by atoms with Gasteiger partial charge in [-0.3, -0.25) is 9.69 Å². The summed E-state index contributed by atoms with van der Waals surface area (Å²) in [5, 5.41) is 6.35. The van der Waals surface area contributed by atoms with Gasteiger partial charge in [0, 0.05) is 35.3 Å². The monoisotopic (exact) mass is 376 g/mol. The highest BCUT2D eigenvalue weighted by Crippen LogP contribution is 2.46. The number of hydrogen-bond acceptors (Lipinski definition) is 5. The van der Waals surface area contributed by atoms with Crippen LogP contribution >= 0.6 is 22.7 Å². The van der Waals surface area contributed by atoms with E-state index >= 15 is 0 Å². The molecule has 0 radical (unpaired) electrons. The Kier molecular flexibility index (Phi) is 5.22. The Hall–Kier alpha value is -1.21. The van der Waals surface area contributed by atoms with E-state index in [4.69, 9.17) is 4.74 Å². The van der Waals surface area contributed by atoms with Crippen LogP contribution in [0.5, 0.6) is 0 Å². The van der Waals surface area contributed by atoms with E-state index in [9.17, 15) is 4.79 Å². The second kappa shape index (κ2) is 7.58. The molecular weight excluding hydrogens is 352 g/mol. The standard InChI is InChI=1S/C19H24N2O2S2/c1-13(22)20-19-17(14-5-2-3-6-15(14)25-19)18(16-7-4-12-24-16)21-8-10-23-11-9-21/h4,7,12,18H,2-3,5-6,8-11H2,1H3,(H,20,22)/t18-/m0/s1. The van der Waals surface area contributed by atoms with E-state index in [2.05, 4.69) is 27.7 Å². The van der Waals surface area contributed by atoms with E-state index in [1.807, 2.05) is 11.3 Å². The Morgan fingerprint density at radius 1 is 1.28 bits per heavy atom. The van der Waals surface area contributed by atoms with E-state index in [1.54, 1.807) is 18.3 Å². The van der Waals surface area contributed by atoms with Gasteiger partial charge in [-0.1, -0.05) is 6.07 Å². The molecule has 6 heteroatoms. The summed E-state index contributed by atoms with van der Waals surface area (Å²) in [5.74, 6) is 0.0201. The first-order chi connectivity index (χ1) is 12.2. The molecule has 1 saturated heterocycles. The molecule has 1 aliphatic heterocycles. The fourth-order valence-electron chi connectivity index (χ4n) is 3.92. The summed E-state index contributed by atoms with van der Waals surface area (Å²) in [7, 11) is 0. The summed E-state index contributed by atoms with van der Waals surface area (Å²) in [6.45, 7) is 5.05. The average molecular weight is 377 g/mol. The van der Waals surface area contributed by atoms with Crippen molar-refractivity contribution in [1.82, 2.24) is 4.90 Å². The molecule has 4 nitrogen and oxygen atoms in total. The van der Waals surface area contributed by atoms with Crippen molar-refractivity contribution in [3.05, 3.63) is 38.4 Å². The minimum atomic E-state index is 0.0201. The summed E-state index contributed by atoms with van der Waals surface area (Å²) in [6.07, 6.45) is 4.78. The zero-order valence-electron chi connectivity index (χ0n) is 14.5. The molecular formula is C19H24N2O2S2. The topological polar surface area (TPSA) is 41.6 Å². The van der Waals surface area contributed by atoms with Crippen LogP contribution in [0.25, 0.3) is 0 Å². The van der Waals surface area contributed by atoms with Crippen molar-refractivity contribution in [2.45, 2.75) is 38.6 Å². The number of hydrogen-bond donors (Lipinski definition) is 1. The zero-order chi connectivity index (χ0) is 17.2. The van der Waals surface area contributed by atoms with Gasteiger partial charge in [-0.25, -0.2) is 0 Å². The van der Waals surface area contributed by atoms with Gasteiger partial charge in [-0.15, -0.1) is 22.7 Å². The highest BCUT2D eigenvalue weighted by Gasteiger charge is 2.33. The lowest BCUT2D eigenvalue weighted by Crippen LogP contribution is -2.39. The highest BCUT2D eigenvalue weighted by molar-refractivity contribution is 7.16. The van der Waals surface area contributed by atoms with Crippen LogP contribution in [0.4, 0.5) is 5.00 Å². The maximum Gasteiger partial charge on any atom is 0.221 e. The fraction of sp³-hybridized carbons (Fsp3) is 0.526. The van der Waals surface area contributed by atoms with Gasteiger partial charge < -0.3 is 10.1 Å². The summed E-state index contributed by atoms with van der Waals surface area (Å²) in [4.78, 5) is 17.2. The van der Waals surface area contributed by atoms with Crippen molar-refractivity contribution in [3.63, 3.8) is 0 Å². The third-order valence-corrected chi connectivity index (χ3v) is 7.15. The Labute approximate surface area is 156 Å². The smallest absolute Gasteiger partial charge is 0.221 e. The summed E-state index contributed by atoms with van der Waals surface area (Å²) in [5.41, 5.74) is 2.84. The van der Waals surface area contributed by atoms with Crippen molar-refractivity contribution in [3.8, 4) is 0 Å². The van der Waals surface area contributed by atoms with Gasteiger partial charge >= 0.3 is 0 Å². The SMILES string of the molecule is CC(=O)Nc1sc2c(c1[C@H](c1cccs1)N1CCOCC1)CCCC2. The number of carbonyl (C=O) groups excluding carboxylic acids is 1. The summed E-state index contributed by atoms with van der Waals surface area (Å²) >= 11 is 3.61. The van der Waals surface area contributed by atoms with Crippen LogP contribution in [-0.4, -0.2) is 37.1 Å². The quantitative estimate of drug-likeness (QED) is 0.875. The Morgan fingerprint density at radius 2 is 2.08 bits per heavy atom. The fourth-order valence-corrected chi connectivity index (χ4v) is 6.15. The number of amides is 1. The third kappa shape index (κ3) is 3.53. The molecule has 3 heterocycles. The average Bonchev–Trinajstić information content (AvgIpc) is 3.25. The summed E-state index contributed by atoms with van der Waals surface area (Å²) in [6, 6.07) is 4.59. The van der Waals surface area contributed by atoms with Crippen molar-refractivity contribution in [2.24, 2.45) is 0 Å². The maximum absolute atomic E-state index is 11.8. The molecule has 2 aromatic heterocycles. The van der Waals surface area contributed by atoms with Crippen LogP contribution in [0.3, 0.4) is 0 Å². The first kappa shape index (κ1) is 17.2. The number of carbonyl (C=O) groups is 1. The molecule has 0 unspecified atom stereocenters. The number of morpholine rings is 1. The molecule has 134 valence electrons. The molecule has 2 aliphatic rings. The molecule has 1 fully saturated rings.